The number of carbonyl (C=O) groups is 3. The minimum atomic E-state index is -1.39. The van der Waals surface area contributed by atoms with Gasteiger partial charge in [0.15, 0.2) is 0 Å². The molecule has 0 unspecified atom stereocenters. The molecule has 0 aromatic heterocycles. The molecule has 2 aromatic carbocycles. The molecular weight excluding hydrogens is 376 g/mol. The lowest BCUT2D eigenvalue weighted by atomic mass is 9.93. The Kier molecular flexibility index (Phi) is 8.98. The van der Waals surface area contributed by atoms with Crippen molar-refractivity contribution >= 4 is 17.9 Å². The number of carboxylic acids is 3. The molecule has 0 saturated heterocycles. The van der Waals surface area contributed by atoms with Gasteiger partial charge in [0.25, 0.3) is 0 Å². The molecule has 0 aliphatic carbocycles. The molecule has 0 spiro atoms. The summed E-state index contributed by atoms with van der Waals surface area (Å²) in [5, 5.41) is 29.1. The molecule has 2 atom stereocenters. The molecule has 0 saturated carbocycles. The zero-order chi connectivity index (χ0) is 22.0. The van der Waals surface area contributed by atoms with E-state index in [9.17, 15) is 14.4 Å². The summed E-state index contributed by atoms with van der Waals surface area (Å²) >= 11 is 0. The first-order valence-corrected chi connectivity index (χ1v) is 8.85. The molecule has 8 heteroatoms. The third kappa shape index (κ3) is 8.12. The molecule has 2 rings (SSSR count). The van der Waals surface area contributed by atoms with E-state index in [4.69, 9.17) is 21.1 Å². The Morgan fingerprint density at radius 3 is 2.07 bits per heavy atom. The van der Waals surface area contributed by atoms with Crippen LogP contribution in [0.3, 0.4) is 0 Å². The summed E-state index contributed by atoms with van der Waals surface area (Å²) in [5.74, 6) is -2.98. The number of hydrogen-bond acceptors (Lipinski definition) is 5. The minimum absolute atomic E-state index is 0.0868. The second kappa shape index (κ2) is 10.9. The summed E-state index contributed by atoms with van der Waals surface area (Å²) in [7, 11) is 1.65. The van der Waals surface area contributed by atoms with Crippen molar-refractivity contribution in [2.24, 2.45) is 5.73 Å². The van der Waals surface area contributed by atoms with Gasteiger partial charge in [-0.25, -0.2) is 4.79 Å². The Morgan fingerprint density at radius 1 is 1.00 bits per heavy atom. The summed E-state index contributed by atoms with van der Waals surface area (Å²) < 4.78 is 0. The number of nitrogens with one attached hydrogen (secondary N) is 1. The van der Waals surface area contributed by atoms with E-state index >= 15 is 0 Å². The van der Waals surface area contributed by atoms with Gasteiger partial charge >= 0.3 is 17.9 Å². The van der Waals surface area contributed by atoms with Gasteiger partial charge in [-0.15, -0.1) is 0 Å². The highest BCUT2D eigenvalue weighted by molar-refractivity contribution is 5.87. The van der Waals surface area contributed by atoms with Gasteiger partial charge in [-0.3, -0.25) is 9.59 Å². The average Bonchev–Trinajstić information content (AvgIpc) is 2.67. The van der Waals surface area contributed by atoms with E-state index in [1.54, 1.807) is 19.2 Å². The molecule has 0 aliphatic heterocycles. The van der Waals surface area contributed by atoms with Crippen LogP contribution in [0.15, 0.2) is 54.6 Å². The number of carboxylic acid groups (broad SMARTS) is 3. The van der Waals surface area contributed by atoms with Gasteiger partial charge in [0, 0.05) is 6.42 Å². The van der Waals surface area contributed by atoms with Crippen molar-refractivity contribution in [2.45, 2.75) is 31.3 Å². The van der Waals surface area contributed by atoms with Crippen LogP contribution in [0.5, 0.6) is 0 Å². The van der Waals surface area contributed by atoms with Gasteiger partial charge < -0.3 is 26.4 Å². The van der Waals surface area contributed by atoms with Crippen LogP contribution in [0, 0.1) is 0 Å². The molecule has 6 N–H and O–H groups in total. The van der Waals surface area contributed by atoms with E-state index in [0.29, 0.717) is 12.0 Å². The van der Waals surface area contributed by atoms with Crippen molar-refractivity contribution < 1.29 is 29.7 Å². The van der Waals surface area contributed by atoms with Gasteiger partial charge in [-0.2, -0.15) is 0 Å². The van der Waals surface area contributed by atoms with Crippen LogP contribution < -0.4 is 11.1 Å². The number of hydrogen-bond donors (Lipinski definition) is 5. The first-order valence-electron chi connectivity index (χ1n) is 8.85. The van der Waals surface area contributed by atoms with E-state index in [0.717, 1.165) is 5.56 Å². The van der Waals surface area contributed by atoms with Gasteiger partial charge in [0.1, 0.15) is 11.6 Å². The number of rotatable bonds is 8. The topological polar surface area (TPSA) is 150 Å². The lowest BCUT2D eigenvalue weighted by Gasteiger charge is -2.19. The SMILES string of the molecule is CN[C@@H](Cc1ccccc1)C(=O)O.C[C@](N)(Cc1cccc(C(=O)O)c1)C(=O)O. The summed E-state index contributed by atoms with van der Waals surface area (Å²) in [6.07, 6.45) is 0.607. The molecule has 8 nitrogen and oxygen atoms in total. The quantitative estimate of drug-likeness (QED) is 0.447. The van der Waals surface area contributed by atoms with Gasteiger partial charge in [0.2, 0.25) is 0 Å². The van der Waals surface area contributed by atoms with Crippen molar-refractivity contribution in [3.8, 4) is 0 Å². The summed E-state index contributed by atoms with van der Waals surface area (Å²) in [6, 6.07) is 15.2. The predicted octanol–water partition coefficient (Wildman–Crippen LogP) is 1.63. The first kappa shape index (κ1) is 23.8. The van der Waals surface area contributed by atoms with Crippen molar-refractivity contribution in [2.75, 3.05) is 7.05 Å². The van der Waals surface area contributed by atoms with Crippen molar-refractivity contribution in [1.82, 2.24) is 5.32 Å². The Morgan fingerprint density at radius 2 is 1.59 bits per heavy atom. The van der Waals surface area contributed by atoms with Crippen molar-refractivity contribution in [3.05, 3.63) is 71.3 Å². The lowest BCUT2D eigenvalue weighted by Crippen LogP contribution is -2.46. The van der Waals surface area contributed by atoms with Gasteiger partial charge in [0.05, 0.1) is 5.56 Å². The lowest BCUT2D eigenvalue weighted by molar-refractivity contribution is -0.142. The summed E-state index contributed by atoms with van der Waals surface area (Å²) in [4.78, 5) is 32.2. The third-order valence-electron chi connectivity index (χ3n) is 4.16. The maximum absolute atomic E-state index is 10.8. The van der Waals surface area contributed by atoms with E-state index in [1.807, 2.05) is 30.3 Å². The van der Waals surface area contributed by atoms with Crippen LogP contribution >= 0.6 is 0 Å². The fourth-order valence-electron chi connectivity index (χ4n) is 2.48. The third-order valence-corrected chi connectivity index (χ3v) is 4.16. The van der Waals surface area contributed by atoms with Crippen LogP contribution in [0.1, 0.15) is 28.4 Å². The summed E-state index contributed by atoms with van der Waals surface area (Å²) in [5.41, 5.74) is 5.92. The zero-order valence-electron chi connectivity index (χ0n) is 16.3. The van der Waals surface area contributed by atoms with Crippen molar-refractivity contribution in [1.29, 1.82) is 0 Å². The molecule has 0 aliphatic rings. The fourth-order valence-corrected chi connectivity index (χ4v) is 2.48. The molecule has 0 radical (unpaired) electrons. The Labute approximate surface area is 169 Å². The molecule has 29 heavy (non-hydrogen) atoms. The van der Waals surface area contributed by atoms with E-state index in [1.165, 1.54) is 19.1 Å². The maximum Gasteiger partial charge on any atom is 0.335 e. The Bertz CT molecular complexity index is 836. The standard InChI is InChI=1S/C11H13NO4.C10H13NO2/c1-11(12,10(15)16)6-7-3-2-4-8(5-7)9(13)14;1-11-9(10(12)13)7-8-5-3-2-4-6-8/h2-5H,6,12H2,1H3,(H,13,14)(H,15,16);2-6,9,11H,7H2,1H3,(H,12,13)/t11-;9-/m00/s1. The van der Waals surface area contributed by atoms with Gasteiger partial charge in [-0.05, 0) is 43.7 Å². The highest BCUT2D eigenvalue weighted by Gasteiger charge is 2.28. The number of nitrogens with two attached hydrogens (primary N) is 1. The number of benzene rings is 2. The Hall–Kier alpha value is -3.23. The molecule has 0 heterocycles. The first-order chi connectivity index (χ1) is 13.6. The smallest absolute Gasteiger partial charge is 0.335 e. The summed E-state index contributed by atoms with van der Waals surface area (Å²) in [6.45, 7) is 1.39. The fraction of sp³-hybridized carbons (Fsp3) is 0.286. The second-order valence-electron chi connectivity index (χ2n) is 6.77. The number of likely N-dealkylation sites (N-methyl/N-ethyl adjacent to an activating group) is 1. The molecular formula is C21H26N2O6. The maximum atomic E-state index is 10.8. The molecule has 2 aromatic rings. The van der Waals surface area contributed by atoms with Crippen LogP contribution in [0.2, 0.25) is 0 Å². The largest absolute Gasteiger partial charge is 0.480 e. The van der Waals surface area contributed by atoms with E-state index in [2.05, 4.69) is 5.32 Å². The van der Waals surface area contributed by atoms with Crippen LogP contribution in [-0.4, -0.2) is 51.9 Å². The highest BCUT2D eigenvalue weighted by Crippen LogP contribution is 2.13. The molecule has 156 valence electrons. The van der Waals surface area contributed by atoms with Gasteiger partial charge in [-0.1, -0.05) is 42.5 Å². The second-order valence-corrected chi connectivity index (χ2v) is 6.77. The van der Waals surface area contributed by atoms with Crippen LogP contribution in [0.4, 0.5) is 0 Å². The van der Waals surface area contributed by atoms with E-state index < -0.39 is 29.5 Å². The molecule has 0 fully saturated rings. The molecule has 0 bridgehead atoms. The Balaban J connectivity index is 0.000000296. The van der Waals surface area contributed by atoms with E-state index in [-0.39, 0.29) is 12.0 Å². The monoisotopic (exact) mass is 402 g/mol. The predicted molar refractivity (Wildman–Crippen MR) is 108 cm³/mol. The highest BCUT2D eigenvalue weighted by atomic mass is 16.4. The minimum Gasteiger partial charge on any atom is -0.480 e. The van der Waals surface area contributed by atoms with Crippen LogP contribution in [0.25, 0.3) is 0 Å². The number of aromatic carboxylic acids is 1. The average molecular weight is 402 g/mol. The van der Waals surface area contributed by atoms with Crippen molar-refractivity contribution in [3.63, 3.8) is 0 Å². The number of aliphatic carboxylic acids is 2. The molecule has 0 amide bonds. The normalized spacial score (nSPS) is 13.3. The zero-order valence-corrected chi connectivity index (χ0v) is 16.3. The van der Waals surface area contributed by atoms with Crippen LogP contribution in [-0.2, 0) is 22.4 Å².